The van der Waals surface area contributed by atoms with Crippen LogP contribution in [-0.4, -0.2) is 38.0 Å². The van der Waals surface area contributed by atoms with Crippen molar-refractivity contribution in [3.05, 3.63) is 95.6 Å². The zero-order valence-electron chi connectivity index (χ0n) is 18.6. The van der Waals surface area contributed by atoms with Crippen molar-refractivity contribution in [3.63, 3.8) is 0 Å². The minimum Gasteiger partial charge on any atom is -0.493 e. The van der Waals surface area contributed by atoms with Crippen molar-refractivity contribution in [1.29, 1.82) is 0 Å². The molecule has 0 saturated carbocycles. The molecule has 0 radical (unpaired) electrons. The van der Waals surface area contributed by atoms with Crippen molar-refractivity contribution in [2.24, 2.45) is 5.10 Å². The maximum Gasteiger partial charge on any atom is 0.255 e. The van der Waals surface area contributed by atoms with Crippen molar-refractivity contribution in [1.82, 2.24) is 9.73 Å². The molecule has 0 heterocycles. The summed E-state index contributed by atoms with van der Waals surface area (Å²) in [6.07, 6.45) is 1.47. The first-order valence-electron chi connectivity index (χ1n) is 10.5. The number of rotatable bonds is 10. The summed E-state index contributed by atoms with van der Waals surface area (Å²) in [5.41, 5.74) is 4.84. The van der Waals surface area contributed by atoms with E-state index in [2.05, 4.69) is 10.5 Å². The second-order valence-electron chi connectivity index (χ2n) is 7.34. The van der Waals surface area contributed by atoms with Gasteiger partial charge >= 0.3 is 0 Å². The molecule has 0 fully saturated rings. The molecule has 0 aliphatic carbocycles. The molecule has 0 aromatic heterocycles. The molecule has 172 valence electrons. The van der Waals surface area contributed by atoms with Crippen LogP contribution in [0.2, 0.25) is 0 Å². The number of hydrazone groups is 1. The van der Waals surface area contributed by atoms with Crippen molar-refractivity contribution in [3.8, 4) is 5.75 Å². The highest BCUT2D eigenvalue weighted by atomic mass is 32.2. The van der Waals surface area contributed by atoms with Gasteiger partial charge in [0.1, 0.15) is 5.75 Å². The lowest BCUT2D eigenvalue weighted by atomic mass is 10.2. The van der Waals surface area contributed by atoms with Gasteiger partial charge in [-0.1, -0.05) is 60.2 Å². The van der Waals surface area contributed by atoms with Crippen LogP contribution in [0.1, 0.15) is 23.6 Å². The van der Waals surface area contributed by atoms with Crippen LogP contribution in [-0.2, 0) is 21.4 Å². The van der Waals surface area contributed by atoms with Gasteiger partial charge in [0, 0.05) is 12.1 Å². The molecule has 0 saturated heterocycles. The fraction of sp³-hybridized carbons (Fsp3) is 0.200. The topological polar surface area (TPSA) is 88.1 Å². The number of aryl methyl sites for hydroxylation is 1. The van der Waals surface area contributed by atoms with Crippen molar-refractivity contribution in [2.75, 3.05) is 13.2 Å². The van der Waals surface area contributed by atoms with E-state index in [9.17, 15) is 13.2 Å². The number of sulfonamides is 1. The van der Waals surface area contributed by atoms with Crippen LogP contribution < -0.4 is 10.2 Å². The normalized spacial score (nSPS) is 11.6. The third-order valence-corrected chi connectivity index (χ3v) is 6.60. The second-order valence-corrected chi connectivity index (χ2v) is 9.27. The predicted molar refractivity (Wildman–Crippen MR) is 129 cm³/mol. The van der Waals surface area contributed by atoms with Crippen LogP contribution in [0.25, 0.3) is 0 Å². The van der Waals surface area contributed by atoms with E-state index in [-0.39, 0.29) is 18.0 Å². The van der Waals surface area contributed by atoms with E-state index < -0.39 is 15.9 Å². The molecule has 0 aliphatic rings. The summed E-state index contributed by atoms with van der Waals surface area (Å²) in [5.74, 6) is 0.0948. The molecular formula is C25H27N3O4S. The monoisotopic (exact) mass is 465 g/mol. The third-order valence-electron chi connectivity index (χ3n) is 4.79. The van der Waals surface area contributed by atoms with E-state index in [4.69, 9.17) is 4.74 Å². The summed E-state index contributed by atoms with van der Waals surface area (Å²) >= 11 is 0. The Kier molecular flexibility index (Phi) is 8.34. The summed E-state index contributed by atoms with van der Waals surface area (Å²) in [7, 11) is -3.90. The molecule has 0 unspecified atom stereocenters. The number of benzene rings is 3. The van der Waals surface area contributed by atoms with Crippen LogP contribution in [0.5, 0.6) is 5.75 Å². The van der Waals surface area contributed by atoms with E-state index in [0.717, 1.165) is 15.4 Å². The fourth-order valence-corrected chi connectivity index (χ4v) is 4.50. The SMILES string of the molecule is CCOc1ccccc1/C=N\NC(=O)CN(Cc1ccccc1)S(=O)(=O)c1ccc(C)cc1. The van der Waals surface area contributed by atoms with E-state index in [1.807, 2.05) is 68.4 Å². The largest absolute Gasteiger partial charge is 0.493 e. The van der Waals surface area contributed by atoms with Gasteiger partial charge in [0.25, 0.3) is 5.91 Å². The number of nitrogens with zero attached hydrogens (tertiary/aromatic N) is 2. The van der Waals surface area contributed by atoms with Gasteiger partial charge in [0.2, 0.25) is 10.0 Å². The lowest BCUT2D eigenvalue weighted by Gasteiger charge is -2.21. The molecule has 7 nitrogen and oxygen atoms in total. The highest BCUT2D eigenvalue weighted by molar-refractivity contribution is 7.89. The lowest BCUT2D eigenvalue weighted by Crippen LogP contribution is -2.39. The Hall–Kier alpha value is -3.49. The standard InChI is InChI=1S/C25H27N3O4S/c1-3-32-24-12-8-7-11-22(24)17-26-27-25(29)19-28(18-21-9-5-4-6-10-21)33(30,31)23-15-13-20(2)14-16-23/h4-17H,3,18-19H2,1-2H3,(H,27,29)/b26-17-. The van der Waals surface area contributed by atoms with Crippen molar-refractivity contribution in [2.45, 2.75) is 25.3 Å². The summed E-state index contributed by atoms with van der Waals surface area (Å²) in [5, 5.41) is 3.98. The number of carbonyl (C=O) groups is 1. The van der Waals surface area contributed by atoms with E-state index >= 15 is 0 Å². The van der Waals surface area contributed by atoms with Gasteiger partial charge in [-0.25, -0.2) is 13.8 Å². The maximum atomic E-state index is 13.3. The number of ether oxygens (including phenoxy) is 1. The molecule has 8 heteroatoms. The summed E-state index contributed by atoms with van der Waals surface area (Å²) in [6.45, 7) is 3.94. The number of nitrogens with one attached hydrogen (secondary N) is 1. The molecule has 0 atom stereocenters. The first-order valence-corrected chi connectivity index (χ1v) is 12.0. The quantitative estimate of drug-likeness (QED) is 0.365. The fourth-order valence-electron chi connectivity index (χ4n) is 3.12. The van der Waals surface area contributed by atoms with Gasteiger partial charge in [0.15, 0.2) is 0 Å². The molecule has 1 N–H and O–H groups in total. The third kappa shape index (κ3) is 6.74. The van der Waals surface area contributed by atoms with Crippen LogP contribution >= 0.6 is 0 Å². The van der Waals surface area contributed by atoms with Gasteiger partial charge in [-0.3, -0.25) is 4.79 Å². The van der Waals surface area contributed by atoms with Gasteiger partial charge < -0.3 is 4.74 Å². The molecule has 3 aromatic carbocycles. The maximum absolute atomic E-state index is 13.3. The minimum absolute atomic E-state index is 0.0569. The molecule has 0 spiro atoms. The molecule has 33 heavy (non-hydrogen) atoms. The Balaban J connectivity index is 1.77. The van der Waals surface area contributed by atoms with Crippen LogP contribution in [0, 0.1) is 6.92 Å². The van der Waals surface area contributed by atoms with Crippen molar-refractivity contribution >= 4 is 22.1 Å². The van der Waals surface area contributed by atoms with Gasteiger partial charge in [0.05, 0.1) is 24.3 Å². The first kappa shape index (κ1) is 24.2. The average molecular weight is 466 g/mol. The van der Waals surface area contributed by atoms with Crippen LogP contribution in [0.3, 0.4) is 0 Å². The Bertz CT molecular complexity index is 1190. The molecule has 3 aromatic rings. The Labute approximate surface area is 194 Å². The minimum atomic E-state index is -3.90. The van der Waals surface area contributed by atoms with Crippen LogP contribution in [0.15, 0.2) is 88.9 Å². The lowest BCUT2D eigenvalue weighted by molar-refractivity contribution is -0.121. The summed E-state index contributed by atoms with van der Waals surface area (Å²) in [6, 6.07) is 23.0. The highest BCUT2D eigenvalue weighted by Crippen LogP contribution is 2.19. The predicted octanol–water partition coefficient (Wildman–Crippen LogP) is 3.73. The average Bonchev–Trinajstić information content (AvgIpc) is 2.81. The number of carbonyl (C=O) groups excluding carboxylic acids is 1. The number of hydrogen-bond donors (Lipinski definition) is 1. The molecule has 3 rings (SSSR count). The molecule has 0 aliphatic heterocycles. The Morgan fingerprint density at radius 3 is 2.36 bits per heavy atom. The number of para-hydroxylation sites is 1. The van der Waals surface area contributed by atoms with Crippen LogP contribution in [0.4, 0.5) is 0 Å². The van der Waals surface area contributed by atoms with Gasteiger partial charge in [-0.15, -0.1) is 0 Å². The van der Waals surface area contributed by atoms with Crippen molar-refractivity contribution < 1.29 is 17.9 Å². The van der Waals surface area contributed by atoms with Gasteiger partial charge in [-0.05, 0) is 43.7 Å². The highest BCUT2D eigenvalue weighted by Gasteiger charge is 2.26. The van der Waals surface area contributed by atoms with E-state index in [1.54, 1.807) is 24.3 Å². The zero-order valence-corrected chi connectivity index (χ0v) is 19.5. The molecule has 0 bridgehead atoms. The summed E-state index contributed by atoms with van der Waals surface area (Å²) < 4.78 is 33.3. The second kappa shape index (κ2) is 11.4. The van der Waals surface area contributed by atoms with E-state index in [0.29, 0.717) is 17.9 Å². The van der Waals surface area contributed by atoms with E-state index in [1.165, 1.54) is 6.21 Å². The first-order chi connectivity index (χ1) is 15.9. The Morgan fingerprint density at radius 1 is 1.00 bits per heavy atom. The number of hydrogen-bond acceptors (Lipinski definition) is 5. The Morgan fingerprint density at radius 2 is 1.67 bits per heavy atom. The smallest absolute Gasteiger partial charge is 0.255 e. The zero-order chi connectivity index (χ0) is 23.7. The van der Waals surface area contributed by atoms with Gasteiger partial charge in [-0.2, -0.15) is 9.41 Å². The summed E-state index contributed by atoms with van der Waals surface area (Å²) in [4.78, 5) is 12.7. The number of amides is 1. The molecular weight excluding hydrogens is 438 g/mol. The molecule has 1 amide bonds.